The van der Waals surface area contributed by atoms with Crippen LogP contribution in [0, 0.1) is 13.8 Å². The molecule has 0 radical (unpaired) electrons. The summed E-state index contributed by atoms with van der Waals surface area (Å²) >= 11 is 1.75. The Balaban J connectivity index is 0.00000529. The first-order valence-corrected chi connectivity index (χ1v) is 10.2. The minimum Gasteiger partial charge on any atom is -0.357 e. The van der Waals surface area contributed by atoms with Crippen molar-refractivity contribution in [2.75, 3.05) is 25.4 Å². The molecule has 0 amide bonds. The quantitative estimate of drug-likeness (QED) is 0.353. The van der Waals surface area contributed by atoms with E-state index in [2.05, 4.69) is 27.5 Å². The van der Waals surface area contributed by atoms with Gasteiger partial charge in [-0.3, -0.25) is 9.20 Å². The summed E-state index contributed by atoms with van der Waals surface area (Å²) in [6, 6.07) is 0. The van der Waals surface area contributed by atoms with Crippen LogP contribution in [0.3, 0.4) is 0 Å². The number of thiazole rings is 1. The van der Waals surface area contributed by atoms with E-state index in [1.54, 1.807) is 11.3 Å². The Bertz CT molecular complexity index is 533. The summed E-state index contributed by atoms with van der Waals surface area (Å²) in [5.41, 5.74) is 1.12. The van der Waals surface area contributed by atoms with Gasteiger partial charge in [0.25, 0.3) is 0 Å². The SMILES string of the molecule is CCNC(=NCCS(=O)C(C)(C)C)NCCc1nc(C)c(C)s1.I. The second-order valence-electron chi connectivity index (χ2n) is 6.35. The molecule has 0 saturated carbocycles. The molecule has 8 heteroatoms. The molecule has 0 bridgehead atoms. The average molecular weight is 486 g/mol. The van der Waals surface area contributed by atoms with Crippen molar-refractivity contribution in [3.63, 3.8) is 0 Å². The summed E-state index contributed by atoms with van der Waals surface area (Å²) in [7, 11) is -0.864. The molecule has 140 valence electrons. The van der Waals surface area contributed by atoms with E-state index in [1.807, 2.05) is 34.6 Å². The molecule has 0 fully saturated rings. The molecule has 0 aliphatic heterocycles. The number of hydrogen-bond acceptors (Lipinski definition) is 4. The zero-order valence-electron chi connectivity index (χ0n) is 15.6. The minimum atomic E-state index is -0.864. The monoisotopic (exact) mass is 486 g/mol. The van der Waals surface area contributed by atoms with E-state index < -0.39 is 10.8 Å². The van der Waals surface area contributed by atoms with E-state index in [-0.39, 0.29) is 28.7 Å². The van der Waals surface area contributed by atoms with Crippen molar-refractivity contribution in [3.8, 4) is 0 Å². The largest absolute Gasteiger partial charge is 0.357 e. The Morgan fingerprint density at radius 2 is 1.96 bits per heavy atom. The summed E-state index contributed by atoms with van der Waals surface area (Å²) in [4.78, 5) is 10.3. The summed E-state index contributed by atoms with van der Waals surface area (Å²) < 4.78 is 11.9. The van der Waals surface area contributed by atoms with E-state index in [0.29, 0.717) is 12.3 Å². The Labute approximate surface area is 170 Å². The van der Waals surface area contributed by atoms with Crippen molar-refractivity contribution in [2.24, 2.45) is 4.99 Å². The van der Waals surface area contributed by atoms with Crippen LogP contribution in [0.5, 0.6) is 0 Å². The smallest absolute Gasteiger partial charge is 0.191 e. The van der Waals surface area contributed by atoms with Crippen LogP contribution in [0.15, 0.2) is 4.99 Å². The predicted octanol–water partition coefficient (Wildman–Crippen LogP) is 3.02. The Hall–Kier alpha value is -0.220. The number of nitrogens with one attached hydrogen (secondary N) is 2. The first-order valence-electron chi connectivity index (χ1n) is 8.07. The Morgan fingerprint density at radius 3 is 2.46 bits per heavy atom. The summed E-state index contributed by atoms with van der Waals surface area (Å²) in [5, 5.41) is 7.69. The van der Waals surface area contributed by atoms with Crippen molar-refractivity contribution in [1.29, 1.82) is 0 Å². The van der Waals surface area contributed by atoms with Gasteiger partial charge in [-0.1, -0.05) is 0 Å². The average Bonchev–Trinajstić information content (AvgIpc) is 2.76. The molecule has 1 heterocycles. The summed E-state index contributed by atoms with van der Waals surface area (Å²) in [5.74, 6) is 1.37. The Morgan fingerprint density at radius 1 is 1.29 bits per heavy atom. The summed E-state index contributed by atoms with van der Waals surface area (Å²) in [6.45, 7) is 14.3. The molecule has 0 spiro atoms. The lowest BCUT2D eigenvalue weighted by atomic mass is 10.3. The maximum atomic E-state index is 12.0. The number of guanidine groups is 1. The van der Waals surface area contributed by atoms with Gasteiger partial charge in [0, 0.05) is 45.7 Å². The first kappa shape index (κ1) is 23.8. The number of nitrogens with zero attached hydrogens (tertiary/aromatic N) is 2. The molecule has 1 rings (SSSR count). The van der Waals surface area contributed by atoms with Crippen LogP contribution in [0.25, 0.3) is 0 Å². The van der Waals surface area contributed by atoms with Crippen LogP contribution in [0.2, 0.25) is 0 Å². The highest BCUT2D eigenvalue weighted by Gasteiger charge is 2.18. The molecule has 24 heavy (non-hydrogen) atoms. The Kier molecular flexibility index (Phi) is 11.3. The van der Waals surface area contributed by atoms with Gasteiger partial charge < -0.3 is 10.6 Å². The van der Waals surface area contributed by atoms with Gasteiger partial charge in [-0.15, -0.1) is 35.3 Å². The van der Waals surface area contributed by atoms with Crippen LogP contribution in [0.1, 0.15) is 43.3 Å². The lowest BCUT2D eigenvalue weighted by molar-refractivity contribution is 0.648. The van der Waals surface area contributed by atoms with Gasteiger partial charge in [-0.05, 0) is 41.5 Å². The highest BCUT2D eigenvalue weighted by molar-refractivity contribution is 14.0. The fourth-order valence-corrected chi connectivity index (χ4v) is 3.63. The second kappa shape index (κ2) is 11.4. The maximum Gasteiger partial charge on any atom is 0.191 e. The number of aryl methyl sites for hydroxylation is 2. The van der Waals surface area contributed by atoms with Crippen LogP contribution in [-0.4, -0.2) is 45.3 Å². The third kappa shape index (κ3) is 8.75. The van der Waals surface area contributed by atoms with Crippen molar-refractivity contribution in [1.82, 2.24) is 15.6 Å². The lowest BCUT2D eigenvalue weighted by Crippen LogP contribution is -2.38. The molecule has 0 aromatic carbocycles. The standard InChI is InChI=1S/C16H30N4OS2.HI/c1-7-17-15(19-10-11-23(21)16(4,5)6)18-9-8-14-20-12(2)13(3)22-14;/h7-11H2,1-6H3,(H2,17,18,19);1H. The zero-order valence-corrected chi connectivity index (χ0v) is 19.5. The van der Waals surface area contributed by atoms with E-state index in [1.165, 1.54) is 4.88 Å². The van der Waals surface area contributed by atoms with Crippen LogP contribution < -0.4 is 10.6 Å². The number of aliphatic imine (C=N–C) groups is 1. The van der Waals surface area contributed by atoms with Crippen LogP contribution >= 0.6 is 35.3 Å². The van der Waals surface area contributed by atoms with Crippen molar-refractivity contribution in [3.05, 3.63) is 15.6 Å². The lowest BCUT2D eigenvalue weighted by Gasteiger charge is -2.17. The molecular weight excluding hydrogens is 455 g/mol. The number of hydrogen-bond donors (Lipinski definition) is 2. The molecule has 1 aromatic heterocycles. The molecular formula is C16H31IN4OS2. The van der Waals surface area contributed by atoms with Gasteiger partial charge in [-0.25, -0.2) is 4.98 Å². The topological polar surface area (TPSA) is 66.4 Å². The third-order valence-electron chi connectivity index (χ3n) is 3.28. The molecule has 0 saturated heterocycles. The van der Waals surface area contributed by atoms with E-state index >= 15 is 0 Å². The van der Waals surface area contributed by atoms with Crippen molar-refractivity contribution < 1.29 is 4.21 Å². The second-order valence-corrected chi connectivity index (χ2v) is 9.96. The van der Waals surface area contributed by atoms with Gasteiger partial charge in [0.05, 0.1) is 17.2 Å². The predicted molar refractivity (Wildman–Crippen MR) is 117 cm³/mol. The number of rotatable bonds is 7. The molecule has 2 N–H and O–H groups in total. The molecule has 0 aliphatic carbocycles. The fourth-order valence-electron chi connectivity index (χ4n) is 1.82. The minimum absolute atomic E-state index is 0. The highest BCUT2D eigenvalue weighted by Crippen LogP contribution is 2.16. The number of aromatic nitrogens is 1. The van der Waals surface area contributed by atoms with Crippen molar-refractivity contribution in [2.45, 2.75) is 52.7 Å². The van der Waals surface area contributed by atoms with Crippen LogP contribution in [-0.2, 0) is 17.2 Å². The summed E-state index contributed by atoms with van der Waals surface area (Å²) in [6.07, 6.45) is 0.887. The van der Waals surface area contributed by atoms with E-state index in [9.17, 15) is 4.21 Å². The first-order chi connectivity index (χ1) is 10.7. The number of halogens is 1. The van der Waals surface area contributed by atoms with E-state index in [4.69, 9.17) is 0 Å². The van der Waals surface area contributed by atoms with Gasteiger partial charge >= 0.3 is 0 Å². The van der Waals surface area contributed by atoms with Crippen LogP contribution in [0.4, 0.5) is 0 Å². The zero-order chi connectivity index (χ0) is 17.5. The van der Waals surface area contributed by atoms with E-state index in [0.717, 1.165) is 36.2 Å². The van der Waals surface area contributed by atoms with Gasteiger partial charge in [0.1, 0.15) is 0 Å². The molecule has 1 aromatic rings. The normalized spacial score (nSPS) is 13.3. The third-order valence-corrected chi connectivity index (χ3v) is 6.33. The highest BCUT2D eigenvalue weighted by atomic mass is 127. The molecule has 1 unspecified atom stereocenters. The molecule has 1 atom stereocenters. The molecule has 5 nitrogen and oxygen atoms in total. The fraction of sp³-hybridized carbons (Fsp3) is 0.750. The van der Waals surface area contributed by atoms with Gasteiger partial charge in [0.2, 0.25) is 0 Å². The van der Waals surface area contributed by atoms with Gasteiger partial charge in [-0.2, -0.15) is 0 Å². The van der Waals surface area contributed by atoms with Gasteiger partial charge in [0.15, 0.2) is 5.96 Å². The van der Waals surface area contributed by atoms with Crippen molar-refractivity contribution >= 4 is 52.1 Å². The maximum absolute atomic E-state index is 12.0. The molecule has 0 aliphatic rings.